The quantitative estimate of drug-likeness (QED) is 0.731. The molecular formula is C17H21Cl2N3O2S2. The molecule has 0 radical (unpaired) electrons. The van der Waals surface area contributed by atoms with Crippen LogP contribution in [0, 0.1) is 6.92 Å². The fraction of sp³-hybridized carbons (Fsp3) is 0.412. The zero-order valence-electron chi connectivity index (χ0n) is 14.5. The minimum absolute atomic E-state index is 0. The van der Waals surface area contributed by atoms with Gasteiger partial charge in [0.15, 0.2) is 4.34 Å². The molecule has 1 aliphatic rings. The average molecular weight is 434 g/mol. The van der Waals surface area contributed by atoms with Gasteiger partial charge in [0.25, 0.3) is 5.91 Å². The van der Waals surface area contributed by atoms with Gasteiger partial charge in [-0.3, -0.25) is 4.79 Å². The molecule has 5 nitrogen and oxygen atoms in total. The number of thiazole rings is 1. The third kappa shape index (κ3) is 4.91. The van der Waals surface area contributed by atoms with Crippen molar-refractivity contribution in [2.45, 2.75) is 34.6 Å². The van der Waals surface area contributed by atoms with E-state index in [1.807, 2.05) is 24.4 Å². The minimum Gasteiger partial charge on any atom is -0.368 e. The van der Waals surface area contributed by atoms with Crippen LogP contribution in [0.3, 0.4) is 0 Å². The highest BCUT2D eigenvalue weighted by atomic mass is 35.5. The Morgan fingerprint density at radius 2 is 2.15 bits per heavy atom. The number of anilines is 1. The van der Waals surface area contributed by atoms with Gasteiger partial charge in [-0.15, -0.1) is 23.7 Å². The minimum atomic E-state index is -0.774. The molecule has 1 fully saturated rings. The molecule has 1 aromatic heterocycles. The van der Waals surface area contributed by atoms with Gasteiger partial charge in [0.05, 0.1) is 5.02 Å². The molecule has 9 heteroatoms. The number of aryl methyl sites for hydroxylation is 1. The van der Waals surface area contributed by atoms with Gasteiger partial charge in [-0.1, -0.05) is 23.4 Å². The second-order valence-corrected chi connectivity index (χ2v) is 8.46. The summed E-state index contributed by atoms with van der Waals surface area (Å²) in [4.78, 5) is 18.0. The monoisotopic (exact) mass is 433 g/mol. The molecule has 2 aromatic rings. The lowest BCUT2D eigenvalue weighted by Gasteiger charge is -2.34. The molecule has 0 atom stereocenters. The molecule has 1 aliphatic heterocycles. The zero-order valence-corrected chi connectivity index (χ0v) is 17.7. The number of piperidine rings is 1. The molecular weight excluding hydrogens is 413 g/mol. The van der Waals surface area contributed by atoms with Gasteiger partial charge in [0, 0.05) is 28.8 Å². The Morgan fingerprint density at radius 1 is 1.42 bits per heavy atom. The number of nitrogens with zero attached hydrogens (tertiary/aromatic N) is 1. The van der Waals surface area contributed by atoms with Crippen molar-refractivity contribution in [3.8, 4) is 0 Å². The fourth-order valence-corrected chi connectivity index (χ4v) is 4.83. The molecule has 1 aromatic carbocycles. The number of aromatic nitrogens is 1. The summed E-state index contributed by atoms with van der Waals surface area (Å²) >= 11 is 9.50. The number of methoxy groups -OCH3 is 1. The number of amides is 1. The van der Waals surface area contributed by atoms with Crippen LogP contribution in [0.25, 0.3) is 0 Å². The topological polar surface area (TPSA) is 63.2 Å². The number of hydrogen-bond donors (Lipinski definition) is 2. The summed E-state index contributed by atoms with van der Waals surface area (Å²) in [7, 11) is 1.59. The maximum atomic E-state index is 12.7. The lowest BCUT2D eigenvalue weighted by atomic mass is 9.91. The predicted molar refractivity (Wildman–Crippen MR) is 110 cm³/mol. The van der Waals surface area contributed by atoms with Crippen molar-refractivity contribution >= 4 is 58.7 Å². The van der Waals surface area contributed by atoms with E-state index in [-0.39, 0.29) is 18.3 Å². The van der Waals surface area contributed by atoms with Crippen LogP contribution in [-0.4, -0.2) is 36.7 Å². The van der Waals surface area contributed by atoms with Crippen LogP contribution in [0.1, 0.15) is 18.5 Å². The first kappa shape index (κ1) is 21.5. The van der Waals surface area contributed by atoms with Crippen molar-refractivity contribution in [2.24, 2.45) is 0 Å². The number of carbonyl (C=O) groups excluding carboxylic acids is 1. The number of benzene rings is 1. The van der Waals surface area contributed by atoms with Gasteiger partial charge in [-0.05, 0) is 51.1 Å². The van der Waals surface area contributed by atoms with Crippen LogP contribution in [0.15, 0.2) is 32.8 Å². The number of rotatable bonds is 5. The Balaban J connectivity index is 0.00000243. The van der Waals surface area contributed by atoms with E-state index < -0.39 is 5.60 Å². The Labute approximate surface area is 172 Å². The second kappa shape index (κ2) is 9.39. The lowest BCUT2D eigenvalue weighted by Crippen LogP contribution is -2.51. The van der Waals surface area contributed by atoms with Crippen molar-refractivity contribution in [3.05, 3.63) is 34.3 Å². The van der Waals surface area contributed by atoms with Gasteiger partial charge in [0.2, 0.25) is 0 Å². The second-order valence-electron chi connectivity index (χ2n) is 5.90. The molecule has 142 valence electrons. The molecule has 0 bridgehead atoms. The Hall–Kier alpha value is -0.830. The van der Waals surface area contributed by atoms with Crippen molar-refractivity contribution in [1.82, 2.24) is 10.3 Å². The van der Waals surface area contributed by atoms with E-state index in [4.69, 9.17) is 16.3 Å². The first-order valence-electron chi connectivity index (χ1n) is 7.99. The lowest BCUT2D eigenvalue weighted by molar-refractivity contribution is -0.140. The van der Waals surface area contributed by atoms with Gasteiger partial charge >= 0.3 is 0 Å². The summed E-state index contributed by atoms with van der Waals surface area (Å²) in [5.41, 5.74) is 0.896. The molecule has 1 saturated heterocycles. The highest BCUT2D eigenvalue weighted by molar-refractivity contribution is 8.01. The highest BCUT2D eigenvalue weighted by Gasteiger charge is 2.39. The third-order valence-electron chi connectivity index (χ3n) is 4.20. The first-order chi connectivity index (χ1) is 12.0. The van der Waals surface area contributed by atoms with E-state index in [0.29, 0.717) is 23.6 Å². The van der Waals surface area contributed by atoms with Crippen LogP contribution in [0.2, 0.25) is 5.02 Å². The highest BCUT2D eigenvalue weighted by Crippen LogP contribution is 2.36. The smallest absolute Gasteiger partial charge is 0.256 e. The molecule has 3 rings (SSSR count). The standard InChI is InChI=1S/C17H20ClN3O2S2.ClH/c1-11-10-24-16(20-11)25-14-4-3-12(9-13(14)18)21-15(22)17(23-2)5-7-19-8-6-17;/h3-4,9-10,19H,5-8H2,1-2H3,(H,21,22);1H. The van der Waals surface area contributed by atoms with Gasteiger partial charge < -0.3 is 15.4 Å². The van der Waals surface area contributed by atoms with Crippen LogP contribution in [0.5, 0.6) is 0 Å². The molecule has 0 saturated carbocycles. The van der Waals surface area contributed by atoms with Gasteiger partial charge in [-0.2, -0.15) is 0 Å². The first-order valence-corrected chi connectivity index (χ1v) is 10.1. The van der Waals surface area contributed by atoms with Crippen molar-refractivity contribution in [2.75, 3.05) is 25.5 Å². The maximum Gasteiger partial charge on any atom is 0.256 e. The predicted octanol–water partition coefficient (Wildman–Crippen LogP) is 4.39. The van der Waals surface area contributed by atoms with Crippen LogP contribution in [-0.2, 0) is 9.53 Å². The summed E-state index contributed by atoms with van der Waals surface area (Å²) in [5, 5.41) is 8.78. The molecule has 0 unspecified atom stereocenters. The Kier molecular flexibility index (Phi) is 7.76. The largest absolute Gasteiger partial charge is 0.368 e. The van der Waals surface area contributed by atoms with Crippen molar-refractivity contribution < 1.29 is 9.53 Å². The maximum absolute atomic E-state index is 12.7. The number of halogens is 2. The van der Waals surface area contributed by atoms with Crippen LogP contribution >= 0.6 is 47.1 Å². The normalized spacial score (nSPS) is 16.0. The molecule has 0 aliphatic carbocycles. The van der Waals surface area contributed by atoms with Crippen molar-refractivity contribution in [1.29, 1.82) is 0 Å². The number of hydrogen-bond acceptors (Lipinski definition) is 6. The average Bonchev–Trinajstić information content (AvgIpc) is 3.03. The summed E-state index contributed by atoms with van der Waals surface area (Å²) < 4.78 is 6.50. The van der Waals surface area contributed by atoms with E-state index in [2.05, 4.69) is 15.6 Å². The molecule has 1 amide bonds. The molecule has 2 N–H and O–H groups in total. The Bertz CT molecular complexity index is 764. The van der Waals surface area contributed by atoms with Crippen LogP contribution in [0.4, 0.5) is 5.69 Å². The fourth-order valence-electron chi connectivity index (χ4n) is 2.73. The SMILES string of the molecule is COC1(C(=O)Nc2ccc(Sc3nc(C)cs3)c(Cl)c2)CCNCC1.Cl. The van der Waals surface area contributed by atoms with E-state index in [1.165, 1.54) is 11.8 Å². The third-order valence-corrected chi connectivity index (χ3v) is 6.76. The van der Waals surface area contributed by atoms with Crippen LogP contribution < -0.4 is 10.6 Å². The van der Waals surface area contributed by atoms with Crippen molar-refractivity contribution in [3.63, 3.8) is 0 Å². The van der Waals surface area contributed by atoms with E-state index in [1.54, 1.807) is 24.5 Å². The summed E-state index contributed by atoms with van der Waals surface area (Å²) in [6.07, 6.45) is 1.31. The van der Waals surface area contributed by atoms with Gasteiger partial charge in [0.1, 0.15) is 5.60 Å². The molecule has 26 heavy (non-hydrogen) atoms. The van der Waals surface area contributed by atoms with E-state index in [0.717, 1.165) is 28.0 Å². The summed E-state index contributed by atoms with van der Waals surface area (Å²) in [6.45, 7) is 3.50. The van der Waals surface area contributed by atoms with E-state index in [9.17, 15) is 4.79 Å². The number of nitrogens with one attached hydrogen (secondary N) is 2. The summed E-state index contributed by atoms with van der Waals surface area (Å²) in [5.74, 6) is -0.122. The summed E-state index contributed by atoms with van der Waals surface area (Å²) in [6, 6.07) is 5.53. The number of ether oxygens (including phenoxy) is 1. The zero-order chi connectivity index (χ0) is 17.9. The van der Waals surface area contributed by atoms with Gasteiger partial charge in [-0.25, -0.2) is 4.98 Å². The number of carbonyl (C=O) groups is 1. The van der Waals surface area contributed by atoms with E-state index >= 15 is 0 Å². The molecule has 0 spiro atoms. The molecule has 2 heterocycles. The Morgan fingerprint density at radius 3 is 2.73 bits per heavy atom.